The molecule has 4 nitrogen and oxygen atoms in total. The van der Waals surface area contributed by atoms with Gasteiger partial charge in [0.2, 0.25) is 0 Å². The third-order valence-electron chi connectivity index (χ3n) is 2.71. The maximum absolute atomic E-state index is 10.8. The molecule has 0 fully saturated rings. The molecular formula is C13H14N2O2. The molecule has 1 aromatic carbocycles. The van der Waals surface area contributed by atoms with Gasteiger partial charge in [-0.2, -0.15) is 5.10 Å². The van der Waals surface area contributed by atoms with E-state index in [9.17, 15) is 4.79 Å². The van der Waals surface area contributed by atoms with Crippen LogP contribution in [0.15, 0.2) is 42.7 Å². The van der Waals surface area contributed by atoms with Crippen molar-refractivity contribution in [3.05, 3.63) is 53.9 Å². The van der Waals surface area contributed by atoms with Gasteiger partial charge < -0.3 is 5.11 Å². The van der Waals surface area contributed by atoms with Crippen LogP contribution in [-0.2, 0) is 11.3 Å². The predicted octanol–water partition coefficient (Wildman–Crippen LogP) is 2.12. The lowest BCUT2D eigenvalue weighted by Crippen LogP contribution is -2.06. The van der Waals surface area contributed by atoms with Gasteiger partial charge in [0, 0.05) is 11.8 Å². The lowest BCUT2D eigenvalue weighted by molar-refractivity contribution is -0.138. The summed E-state index contributed by atoms with van der Waals surface area (Å²) in [6.45, 7) is 2.32. The summed E-state index contributed by atoms with van der Waals surface area (Å²) in [6.07, 6.45) is 3.40. The molecule has 0 radical (unpaired) electrons. The second kappa shape index (κ2) is 4.82. The molecule has 17 heavy (non-hydrogen) atoms. The molecular weight excluding hydrogens is 216 g/mol. The summed E-state index contributed by atoms with van der Waals surface area (Å²) in [5.74, 6) is -1.34. The van der Waals surface area contributed by atoms with Gasteiger partial charge >= 0.3 is 5.97 Å². The maximum atomic E-state index is 10.8. The number of nitrogens with zero attached hydrogens (tertiary/aromatic N) is 2. The average molecular weight is 230 g/mol. The first-order valence-corrected chi connectivity index (χ1v) is 5.46. The second-order valence-corrected chi connectivity index (χ2v) is 4.02. The van der Waals surface area contributed by atoms with Crippen molar-refractivity contribution in [3.8, 4) is 0 Å². The van der Waals surface area contributed by atoms with Crippen molar-refractivity contribution in [1.29, 1.82) is 0 Å². The molecule has 1 aromatic heterocycles. The number of carboxylic acid groups (broad SMARTS) is 1. The number of aromatic nitrogens is 2. The fourth-order valence-electron chi connectivity index (χ4n) is 1.60. The van der Waals surface area contributed by atoms with E-state index in [0.29, 0.717) is 6.54 Å². The number of hydrogen-bond donors (Lipinski definition) is 1. The highest BCUT2D eigenvalue weighted by Gasteiger charge is 2.15. The summed E-state index contributed by atoms with van der Waals surface area (Å²) < 4.78 is 1.75. The molecule has 0 aliphatic rings. The Morgan fingerprint density at radius 2 is 2.12 bits per heavy atom. The molecule has 2 rings (SSSR count). The molecule has 0 aliphatic carbocycles. The molecule has 1 N–H and O–H groups in total. The van der Waals surface area contributed by atoms with E-state index in [1.165, 1.54) is 0 Å². The fourth-order valence-corrected chi connectivity index (χ4v) is 1.60. The summed E-state index contributed by atoms with van der Waals surface area (Å²) >= 11 is 0. The Labute approximate surface area is 99.5 Å². The van der Waals surface area contributed by atoms with E-state index in [0.717, 1.165) is 11.1 Å². The van der Waals surface area contributed by atoms with Gasteiger partial charge in [0.05, 0.1) is 18.7 Å². The standard InChI is InChI=1S/C13H14N2O2/c1-10(13(16)17)12-7-14-15(9-12)8-11-5-3-2-4-6-11/h2-7,9-10H,8H2,1H3,(H,16,17). The Morgan fingerprint density at radius 3 is 2.76 bits per heavy atom. The summed E-state index contributed by atoms with van der Waals surface area (Å²) in [5, 5.41) is 13.1. The van der Waals surface area contributed by atoms with Crippen LogP contribution in [0.4, 0.5) is 0 Å². The maximum Gasteiger partial charge on any atom is 0.310 e. The van der Waals surface area contributed by atoms with Crippen LogP contribution >= 0.6 is 0 Å². The van der Waals surface area contributed by atoms with Crippen molar-refractivity contribution in [2.75, 3.05) is 0 Å². The van der Waals surface area contributed by atoms with E-state index in [4.69, 9.17) is 5.11 Å². The number of hydrogen-bond acceptors (Lipinski definition) is 2. The molecule has 4 heteroatoms. The SMILES string of the molecule is CC(C(=O)O)c1cnn(Cc2ccccc2)c1. The van der Waals surface area contributed by atoms with E-state index in [1.54, 1.807) is 24.0 Å². The smallest absolute Gasteiger partial charge is 0.310 e. The normalized spacial score (nSPS) is 12.3. The zero-order valence-electron chi connectivity index (χ0n) is 9.58. The number of carbonyl (C=O) groups is 1. The first-order valence-electron chi connectivity index (χ1n) is 5.46. The molecule has 0 amide bonds. The van der Waals surface area contributed by atoms with Crippen LogP contribution in [0.3, 0.4) is 0 Å². The van der Waals surface area contributed by atoms with Crippen LogP contribution in [0.5, 0.6) is 0 Å². The van der Waals surface area contributed by atoms with E-state index < -0.39 is 11.9 Å². The second-order valence-electron chi connectivity index (χ2n) is 4.02. The van der Waals surface area contributed by atoms with Gasteiger partial charge in [-0.05, 0) is 12.5 Å². The predicted molar refractivity (Wildman–Crippen MR) is 63.8 cm³/mol. The van der Waals surface area contributed by atoms with Gasteiger partial charge in [0.15, 0.2) is 0 Å². The molecule has 1 unspecified atom stereocenters. The quantitative estimate of drug-likeness (QED) is 0.875. The average Bonchev–Trinajstić information content (AvgIpc) is 2.77. The van der Waals surface area contributed by atoms with Crippen molar-refractivity contribution in [2.45, 2.75) is 19.4 Å². The summed E-state index contributed by atoms with van der Waals surface area (Å²) in [4.78, 5) is 10.8. The van der Waals surface area contributed by atoms with Crippen molar-refractivity contribution >= 4 is 5.97 Å². The molecule has 0 saturated heterocycles. The topological polar surface area (TPSA) is 55.1 Å². The van der Waals surface area contributed by atoms with Gasteiger partial charge in [-0.1, -0.05) is 30.3 Å². The molecule has 0 spiro atoms. The van der Waals surface area contributed by atoms with Gasteiger partial charge in [-0.25, -0.2) is 0 Å². The minimum atomic E-state index is -0.829. The zero-order valence-corrected chi connectivity index (χ0v) is 9.58. The molecule has 1 atom stereocenters. The van der Waals surface area contributed by atoms with E-state index in [-0.39, 0.29) is 0 Å². The summed E-state index contributed by atoms with van der Waals surface area (Å²) in [5.41, 5.74) is 1.87. The number of aliphatic carboxylic acids is 1. The molecule has 0 aliphatic heterocycles. The van der Waals surface area contributed by atoms with Crippen LogP contribution in [0.25, 0.3) is 0 Å². The summed E-state index contributed by atoms with van der Waals surface area (Å²) in [7, 11) is 0. The molecule has 0 saturated carbocycles. The Bertz CT molecular complexity index is 505. The van der Waals surface area contributed by atoms with Crippen LogP contribution in [0, 0.1) is 0 Å². The minimum absolute atomic E-state index is 0.514. The Morgan fingerprint density at radius 1 is 1.41 bits per heavy atom. The van der Waals surface area contributed by atoms with Crippen molar-refractivity contribution in [3.63, 3.8) is 0 Å². The van der Waals surface area contributed by atoms with Crippen LogP contribution in [-0.4, -0.2) is 20.9 Å². The Hall–Kier alpha value is -2.10. The number of rotatable bonds is 4. The third-order valence-corrected chi connectivity index (χ3v) is 2.71. The molecule has 2 aromatic rings. The van der Waals surface area contributed by atoms with E-state index in [1.807, 2.05) is 30.3 Å². The highest BCUT2D eigenvalue weighted by molar-refractivity contribution is 5.75. The van der Waals surface area contributed by atoms with Crippen molar-refractivity contribution < 1.29 is 9.90 Å². The minimum Gasteiger partial charge on any atom is -0.481 e. The van der Waals surface area contributed by atoms with Gasteiger partial charge in [0.25, 0.3) is 0 Å². The van der Waals surface area contributed by atoms with Crippen LogP contribution < -0.4 is 0 Å². The fraction of sp³-hybridized carbons (Fsp3) is 0.231. The van der Waals surface area contributed by atoms with Crippen molar-refractivity contribution in [1.82, 2.24) is 9.78 Å². The summed E-state index contributed by atoms with van der Waals surface area (Å²) in [6, 6.07) is 9.94. The molecule has 88 valence electrons. The highest BCUT2D eigenvalue weighted by atomic mass is 16.4. The Kier molecular flexibility index (Phi) is 3.23. The highest BCUT2D eigenvalue weighted by Crippen LogP contribution is 2.14. The largest absolute Gasteiger partial charge is 0.481 e. The third kappa shape index (κ3) is 2.72. The monoisotopic (exact) mass is 230 g/mol. The van der Waals surface area contributed by atoms with Gasteiger partial charge in [0.1, 0.15) is 0 Å². The van der Waals surface area contributed by atoms with Crippen LogP contribution in [0.2, 0.25) is 0 Å². The first kappa shape index (κ1) is 11.4. The van der Waals surface area contributed by atoms with Crippen molar-refractivity contribution in [2.24, 2.45) is 0 Å². The van der Waals surface area contributed by atoms with E-state index in [2.05, 4.69) is 5.10 Å². The lowest BCUT2D eigenvalue weighted by atomic mass is 10.1. The number of benzene rings is 1. The van der Waals surface area contributed by atoms with Gasteiger partial charge in [-0.15, -0.1) is 0 Å². The lowest BCUT2D eigenvalue weighted by Gasteiger charge is -2.02. The molecule has 0 bridgehead atoms. The van der Waals surface area contributed by atoms with Crippen LogP contribution in [0.1, 0.15) is 24.0 Å². The molecule has 1 heterocycles. The van der Waals surface area contributed by atoms with Gasteiger partial charge in [-0.3, -0.25) is 9.48 Å². The zero-order chi connectivity index (χ0) is 12.3. The first-order chi connectivity index (χ1) is 8.16. The Balaban J connectivity index is 2.11. The van der Waals surface area contributed by atoms with E-state index >= 15 is 0 Å². The number of carboxylic acids is 1.